The number of ether oxygens (including phenoxy) is 1. The van der Waals surface area contributed by atoms with Gasteiger partial charge in [-0.05, 0) is 62.6 Å². The monoisotopic (exact) mass is 262 g/mol. The average Bonchev–Trinajstić information content (AvgIpc) is 2.85. The molecule has 2 rings (SSSR count). The third kappa shape index (κ3) is 3.78. The first-order chi connectivity index (χ1) is 9.04. The standard InChI is InChI=1S/C16H26N2O/c1-16(2,19-3)11-15(18-17)10-12-7-8-13-5-4-6-14(13)9-12/h7-9,15,18H,4-6,10-11,17H2,1-3H3. The number of nitrogens with two attached hydrogens (primary N) is 1. The summed E-state index contributed by atoms with van der Waals surface area (Å²) in [7, 11) is 1.75. The third-order valence-corrected chi connectivity index (χ3v) is 4.17. The van der Waals surface area contributed by atoms with E-state index in [4.69, 9.17) is 10.6 Å². The van der Waals surface area contributed by atoms with Gasteiger partial charge in [0.05, 0.1) is 5.60 Å². The zero-order valence-electron chi connectivity index (χ0n) is 12.3. The summed E-state index contributed by atoms with van der Waals surface area (Å²) >= 11 is 0. The number of hydrazine groups is 1. The Morgan fingerprint density at radius 2 is 2.05 bits per heavy atom. The fraction of sp³-hybridized carbons (Fsp3) is 0.625. The number of rotatable bonds is 6. The molecule has 0 aliphatic heterocycles. The van der Waals surface area contributed by atoms with E-state index in [-0.39, 0.29) is 11.6 Å². The van der Waals surface area contributed by atoms with Crippen molar-refractivity contribution in [3.05, 3.63) is 34.9 Å². The van der Waals surface area contributed by atoms with Crippen LogP contribution in [0.2, 0.25) is 0 Å². The van der Waals surface area contributed by atoms with Crippen molar-refractivity contribution in [2.45, 2.75) is 57.6 Å². The fourth-order valence-electron chi connectivity index (χ4n) is 2.90. The highest BCUT2D eigenvalue weighted by atomic mass is 16.5. The van der Waals surface area contributed by atoms with Crippen LogP contribution in [0.25, 0.3) is 0 Å². The van der Waals surface area contributed by atoms with Crippen LogP contribution in [0.4, 0.5) is 0 Å². The van der Waals surface area contributed by atoms with E-state index in [9.17, 15) is 0 Å². The summed E-state index contributed by atoms with van der Waals surface area (Å²) in [6, 6.07) is 7.13. The highest BCUT2D eigenvalue weighted by molar-refractivity contribution is 5.35. The highest BCUT2D eigenvalue weighted by Gasteiger charge is 2.22. The largest absolute Gasteiger partial charge is 0.379 e. The molecule has 1 aliphatic rings. The van der Waals surface area contributed by atoms with E-state index >= 15 is 0 Å². The Morgan fingerprint density at radius 3 is 2.74 bits per heavy atom. The molecule has 1 atom stereocenters. The molecule has 3 nitrogen and oxygen atoms in total. The van der Waals surface area contributed by atoms with Gasteiger partial charge in [-0.25, -0.2) is 0 Å². The van der Waals surface area contributed by atoms with Crippen LogP contribution in [-0.4, -0.2) is 18.8 Å². The first-order valence-corrected chi connectivity index (χ1v) is 7.16. The van der Waals surface area contributed by atoms with Crippen molar-refractivity contribution < 1.29 is 4.74 Å². The zero-order chi connectivity index (χ0) is 13.9. The van der Waals surface area contributed by atoms with Gasteiger partial charge in [-0.3, -0.25) is 11.3 Å². The second-order valence-electron chi connectivity index (χ2n) is 6.19. The normalized spacial score (nSPS) is 16.4. The number of benzene rings is 1. The van der Waals surface area contributed by atoms with Crippen molar-refractivity contribution in [3.8, 4) is 0 Å². The summed E-state index contributed by atoms with van der Waals surface area (Å²) in [6.07, 6.45) is 5.63. The Kier molecular flexibility index (Phi) is 4.61. The van der Waals surface area contributed by atoms with E-state index in [0.29, 0.717) is 0 Å². The van der Waals surface area contributed by atoms with Gasteiger partial charge in [0.25, 0.3) is 0 Å². The number of hydrogen-bond donors (Lipinski definition) is 2. The molecule has 1 aromatic carbocycles. The molecule has 106 valence electrons. The molecule has 0 saturated carbocycles. The van der Waals surface area contributed by atoms with Crippen LogP contribution in [-0.2, 0) is 24.0 Å². The van der Waals surface area contributed by atoms with Gasteiger partial charge >= 0.3 is 0 Å². The lowest BCUT2D eigenvalue weighted by molar-refractivity contribution is 0.00711. The fourth-order valence-corrected chi connectivity index (χ4v) is 2.90. The molecule has 0 amide bonds. The second-order valence-corrected chi connectivity index (χ2v) is 6.19. The van der Waals surface area contributed by atoms with Crippen molar-refractivity contribution in [2.75, 3.05) is 7.11 Å². The number of fused-ring (bicyclic) bond motifs is 1. The molecule has 0 heterocycles. The molecule has 0 aromatic heterocycles. The molecule has 3 N–H and O–H groups in total. The van der Waals surface area contributed by atoms with Gasteiger partial charge in [0.15, 0.2) is 0 Å². The molecule has 1 unspecified atom stereocenters. The van der Waals surface area contributed by atoms with Crippen LogP contribution >= 0.6 is 0 Å². The molecule has 19 heavy (non-hydrogen) atoms. The van der Waals surface area contributed by atoms with Crippen molar-refractivity contribution >= 4 is 0 Å². The summed E-state index contributed by atoms with van der Waals surface area (Å²) in [5, 5.41) is 0. The average molecular weight is 262 g/mol. The highest BCUT2D eigenvalue weighted by Crippen LogP contribution is 2.24. The van der Waals surface area contributed by atoms with E-state index in [1.807, 2.05) is 0 Å². The van der Waals surface area contributed by atoms with Crippen LogP contribution in [0, 0.1) is 0 Å². The lowest BCUT2D eigenvalue weighted by atomic mass is 9.93. The molecule has 0 saturated heterocycles. The Bertz CT molecular complexity index is 429. The number of nitrogens with one attached hydrogen (secondary N) is 1. The maximum absolute atomic E-state index is 5.69. The smallest absolute Gasteiger partial charge is 0.0638 e. The first kappa shape index (κ1) is 14.5. The molecule has 0 radical (unpaired) electrons. The summed E-state index contributed by atoms with van der Waals surface area (Å²) in [5.41, 5.74) is 7.21. The van der Waals surface area contributed by atoms with Crippen molar-refractivity contribution in [1.82, 2.24) is 5.43 Å². The van der Waals surface area contributed by atoms with E-state index in [0.717, 1.165) is 12.8 Å². The first-order valence-electron chi connectivity index (χ1n) is 7.16. The molecule has 0 bridgehead atoms. The lowest BCUT2D eigenvalue weighted by Gasteiger charge is -2.28. The van der Waals surface area contributed by atoms with Gasteiger partial charge in [-0.2, -0.15) is 0 Å². The predicted octanol–water partition coefficient (Wildman–Crippen LogP) is 2.36. The van der Waals surface area contributed by atoms with Crippen molar-refractivity contribution in [1.29, 1.82) is 0 Å². The molecular weight excluding hydrogens is 236 g/mol. The second kappa shape index (κ2) is 6.04. The van der Waals surface area contributed by atoms with Crippen LogP contribution in [0.3, 0.4) is 0 Å². The van der Waals surface area contributed by atoms with Crippen LogP contribution in [0.15, 0.2) is 18.2 Å². The number of aryl methyl sites for hydroxylation is 2. The Balaban J connectivity index is 2.02. The molecular formula is C16H26N2O. The van der Waals surface area contributed by atoms with Gasteiger partial charge in [-0.1, -0.05) is 18.2 Å². The zero-order valence-corrected chi connectivity index (χ0v) is 12.3. The summed E-state index contributed by atoms with van der Waals surface area (Å²) in [4.78, 5) is 0. The quantitative estimate of drug-likeness (QED) is 0.611. The van der Waals surface area contributed by atoms with E-state index in [1.54, 1.807) is 7.11 Å². The molecule has 1 aliphatic carbocycles. The SMILES string of the molecule is COC(C)(C)CC(Cc1ccc2c(c1)CCC2)NN. The summed E-state index contributed by atoms with van der Waals surface area (Å²) in [6.45, 7) is 4.19. The minimum Gasteiger partial charge on any atom is -0.379 e. The van der Waals surface area contributed by atoms with E-state index in [1.165, 1.54) is 36.0 Å². The van der Waals surface area contributed by atoms with Gasteiger partial charge < -0.3 is 4.74 Å². The third-order valence-electron chi connectivity index (χ3n) is 4.17. The number of hydrogen-bond acceptors (Lipinski definition) is 3. The minimum absolute atomic E-state index is 0.145. The summed E-state index contributed by atoms with van der Waals surface area (Å²) < 4.78 is 5.49. The van der Waals surface area contributed by atoms with Crippen LogP contribution in [0.5, 0.6) is 0 Å². The maximum Gasteiger partial charge on any atom is 0.0638 e. The van der Waals surface area contributed by atoms with Crippen LogP contribution in [0.1, 0.15) is 43.4 Å². The molecule has 0 fully saturated rings. The van der Waals surface area contributed by atoms with Gasteiger partial charge in [0.1, 0.15) is 0 Å². The van der Waals surface area contributed by atoms with Crippen molar-refractivity contribution in [3.63, 3.8) is 0 Å². The molecule has 1 aromatic rings. The molecule has 3 heteroatoms. The lowest BCUT2D eigenvalue weighted by Crippen LogP contribution is -2.42. The van der Waals surface area contributed by atoms with Crippen molar-refractivity contribution in [2.24, 2.45) is 5.84 Å². The van der Waals surface area contributed by atoms with Gasteiger partial charge in [0, 0.05) is 13.2 Å². The van der Waals surface area contributed by atoms with E-state index < -0.39 is 0 Å². The Hall–Kier alpha value is -0.900. The van der Waals surface area contributed by atoms with Crippen LogP contribution < -0.4 is 11.3 Å². The van der Waals surface area contributed by atoms with Gasteiger partial charge in [-0.15, -0.1) is 0 Å². The number of methoxy groups -OCH3 is 1. The van der Waals surface area contributed by atoms with E-state index in [2.05, 4.69) is 37.5 Å². The molecule has 0 spiro atoms. The minimum atomic E-state index is -0.145. The maximum atomic E-state index is 5.69. The Morgan fingerprint density at radius 1 is 1.32 bits per heavy atom. The summed E-state index contributed by atoms with van der Waals surface area (Å²) in [5.74, 6) is 5.69. The predicted molar refractivity (Wildman–Crippen MR) is 79.0 cm³/mol. The van der Waals surface area contributed by atoms with Gasteiger partial charge in [0.2, 0.25) is 0 Å². The Labute approximate surface area is 116 Å². The topological polar surface area (TPSA) is 47.3 Å².